The van der Waals surface area contributed by atoms with E-state index < -0.39 is 0 Å². The predicted molar refractivity (Wildman–Crippen MR) is 98.2 cm³/mol. The van der Waals surface area contributed by atoms with E-state index in [1.54, 1.807) is 12.4 Å². The van der Waals surface area contributed by atoms with Crippen LogP contribution in [0, 0.1) is 0 Å². The van der Waals surface area contributed by atoms with Crippen molar-refractivity contribution in [3.05, 3.63) is 85.2 Å². The van der Waals surface area contributed by atoms with Gasteiger partial charge in [-0.05, 0) is 48.5 Å². The summed E-state index contributed by atoms with van der Waals surface area (Å²) in [6.45, 7) is 0. The third-order valence-corrected chi connectivity index (χ3v) is 3.61. The van der Waals surface area contributed by atoms with Gasteiger partial charge in [-0.3, -0.25) is 4.98 Å². The van der Waals surface area contributed by atoms with Gasteiger partial charge in [0, 0.05) is 12.4 Å². The Balaban J connectivity index is 1.65. The average Bonchev–Trinajstić information content (AvgIpc) is 2.70. The summed E-state index contributed by atoms with van der Waals surface area (Å²) < 4.78 is 0. The number of hydrogen-bond donors (Lipinski definition) is 1. The summed E-state index contributed by atoms with van der Waals surface area (Å²) in [6.07, 6.45) is 3.50. The van der Waals surface area contributed by atoms with Gasteiger partial charge in [0.25, 0.3) is 0 Å². The Morgan fingerprint density at radius 1 is 0.480 bits per heavy atom. The van der Waals surface area contributed by atoms with Crippen molar-refractivity contribution < 1.29 is 0 Å². The summed E-state index contributed by atoms with van der Waals surface area (Å²) in [4.78, 5) is 17.9. The van der Waals surface area contributed by atoms with Gasteiger partial charge in [-0.25, -0.2) is 15.0 Å². The van der Waals surface area contributed by atoms with Crippen molar-refractivity contribution in [2.24, 2.45) is 0 Å². The summed E-state index contributed by atoms with van der Waals surface area (Å²) in [6, 6.07) is 23.1. The van der Waals surface area contributed by atoms with E-state index in [2.05, 4.69) is 20.3 Å². The molecule has 0 spiro atoms. The van der Waals surface area contributed by atoms with E-state index in [1.807, 2.05) is 72.8 Å². The Morgan fingerprint density at radius 3 is 1.80 bits per heavy atom. The maximum Gasteiger partial charge on any atom is 0.132 e. The SMILES string of the molecule is c1ccc(Nc2cccc(-c3cccc(-c4ccccn4)n3)n2)nc1. The van der Waals surface area contributed by atoms with Crippen molar-refractivity contribution in [3.8, 4) is 22.8 Å². The van der Waals surface area contributed by atoms with E-state index in [4.69, 9.17) is 4.98 Å². The second-order valence-electron chi connectivity index (χ2n) is 5.37. The van der Waals surface area contributed by atoms with Crippen LogP contribution in [0.4, 0.5) is 11.6 Å². The van der Waals surface area contributed by atoms with Crippen molar-refractivity contribution in [2.45, 2.75) is 0 Å². The topological polar surface area (TPSA) is 63.6 Å². The van der Waals surface area contributed by atoms with Gasteiger partial charge in [0.1, 0.15) is 11.6 Å². The molecule has 0 saturated heterocycles. The molecular weight excluding hydrogens is 310 g/mol. The monoisotopic (exact) mass is 325 g/mol. The molecule has 0 saturated carbocycles. The smallest absolute Gasteiger partial charge is 0.132 e. The Labute approximate surface area is 145 Å². The van der Waals surface area contributed by atoms with E-state index in [1.165, 1.54) is 0 Å². The molecule has 4 aromatic heterocycles. The molecule has 0 aliphatic rings. The van der Waals surface area contributed by atoms with Gasteiger partial charge in [-0.15, -0.1) is 0 Å². The van der Waals surface area contributed by atoms with Crippen LogP contribution in [0.1, 0.15) is 0 Å². The normalized spacial score (nSPS) is 10.4. The molecule has 0 atom stereocenters. The van der Waals surface area contributed by atoms with Crippen molar-refractivity contribution in [1.82, 2.24) is 19.9 Å². The fourth-order valence-electron chi connectivity index (χ4n) is 2.45. The van der Waals surface area contributed by atoms with Gasteiger partial charge in [-0.2, -0.15) is 0 Å². The molecule has 4 aromatic rings. The molecule has 0 aliphatic heterocycles. The summed E-state index contributed by atoms with van der Waals surface area (Å²) in [5.74, 6) is 1.48. The average molecular weight is 325 g/mol. The lowest BCUT2D eigenvalue weighted by Gasteiger charge is -2.07. The molecule has 0 aromatic carbocycles. The van der Waals surface area contributed by atoms with Crippen LogP contribution < -0.4 is 5.32 Å². The molecule has 25 heavy (non-hydrogen) atoms. The minimum atomic E-state index is 0.723. The number of aromatic nitrogens is 4. The molecule has 0 radical (unpaired) electrons. The maximum absolute atomic E-state index is 4.69. The van der Waals surface area contributed by atoms with Gasteiger partial charge in [0.05, 0.1) is 22.8 Å². The quantitative estimate of drug-likeness (QED) is 0.604. The van der Waals surface area contributed by atoms with Crippen LogP contribution in [0.5, 0.6) is 0 Å². The van der Waals surface area contributed by atoms with E-state index >= 15 is 0 Å². The first-order chi connectivity index (χ1) is 12.4. The van der Waals surface area contributed by atoms with E-state index in [9.17, 15) is 0 Å². The van der Waals surface area contributed by atoms with Crippen LogP contribution >= 0.6 is 0 Å². The molecule has 1 N–H and O–H groups in total. The van der Waals surface area contributed by atoms with Crippen LogP contribution in [-0.4, -0.2) is 19.9 Å². The van der Waals surface area contributed by atoms with E-state index in [0.29, 0.717) is 0 Å². The number of pyridine rings is 4. The maximum atomic E-state index is 4.69. The van der Waals surface area contributed by atoms with Gasteiger partial charge < -0.3 is 5.32 Å². The van der Waals surface area contributed by atoms with Crippen LogP contribution in [0.3, 0.4) is 0 Å². The summed E-state index contributed by atoms with van der Waals surface area (Å²) in [5.41, 5.74) is 3.25. The van der Waals surface area contributed by atoms with Crippen LogP contribution in [0.15, 0.2) is 85.2 Å². The van der Waals surface area contributed by atoms with Gasteiger partial charge in [0.2, 0.25) is 0 Å². The zero-order valence-corrected chi connectivity index (χ0v) is 13.4. The number of nitrogens with zero attached hydrogens (tertiary/aromatic N) is 4. The zero-order valence-electron chi connectivity index (χ0n) is 13.4. The third kappa shape index (κ3) is 3.50. The Bertz CT molecular complexity index is 971. The molecule has 4 heterocycles. The third-order valence-electron chi connectivity index (χ3n) is 3.61. The van der Waals surface area contributed by atoms with Gasteiger partial charge >= 0.3 is 0 Å². The van der Waals surface area contributed by atoms with Gasteiger partial charge in [0.15, 0.2) is 0 Å². The van der Waals surface area contributed by atoms with Crippen LogP contribution in [-0.2, 0) is 0 Å². The Kier molecular flexibility index (Phi) is 4.12. The number of anilines is 2. The highest BCUT2D eigenvalue weighted by Gasteiger charge is 2.06. The molecule has 0 aliphatic carbocycles. The van der Waals surface area contributed by atoms with Crippen LogP contribution in [0.25, 0.3) is 22.8 Å². The molecule has 120 valence electrons. The molecule has 5 nitrogen and oxygen atoms in total. The van der Waals surface area contributed by atoms with Gasteiger partial charge in [-0.1, -0.05) is 24.3 Å². The van der Waals surface area contributed by atoms with Crippen molar-refractivity contribution >= 4 is 11.6 Å². The molecule has 0 amide bonds. The lowest BCUT2D eigenvalue weighted by atomic mass is 10.2. The number of rotatable bonds is 4. The second kappa shape index (κ2) is 6.88. The molecule has 4 rings (SSSR count). The number of hydrogen-bond acceptors (Lipinski definition) is 5. The first kappa shape index (κ1) is 15.0. The van der Waals surface area contributed by atoms with Crippen molar-refractivity contribution in [2.75, 3.05) is 5.32 Å². The standard InChI is InChI=1S/C20H15N5/c1-3-13-21-15(7-1)16-8-5-9-17(23-16)18-10-6-12-20(24-18)25-19-11-2-4-14-22-19/h1-14H,(H,22,24,25). The molecular formula is C20H15N5. The Morgan fingerprint density at radius 2 is 1.08 bits per heavy atom. The highest BCUT2D eigenvalue weighted by molar-refractivity contribution is 5.63. The van der Waals surface area contributed by atoms with Crippen molar-refractivity contribution in [1.29, 1.82) is 0 Å². The first-order valence-corrected chi connectivity index (χ1v) is 7.92. The minimum Gasteiger partial charge on any atom is -0.325 e. The van der Waals surface area contributed by atoms with Crippen molar-refractivity contribution in [3.63, 3.8) is 0 Å². The summed E-state index contributed by atoms with van der Waals surface area (Å²) in [5, 5.41) is 3.20. The zero-order chi connectivity index (χ0) is 16.9. The lowest BCUT2D eigenvalue weighted by molar-refractivity contribution is 1.21. The highest BCUT2D eigenvalue weighted by atomic mass is 15.1. The number of nitrogens with one attached hydrogen (secondary N) is 1. The molecule has 0 fully saturated rings. The lowest BCUT2D eigenvalue weighted by Crippen LogP contribution is -1.97. The summed E-state index contributed by atoms with van der Waals surface area (Å²) >= 11 is 0. The van der Waals surface area contributed by atoms with E-state index in [0.717, 1.165) is 34.4 Å². The Hall–Kier alpha value is -3.60. The first-order valence-electron chi connectivity index (χ1n) is 7.92. The second-order valence-corrected chi connectivity index (χ2v) is 5.37. The molecule has 0 bridgehead atoms. The largest absolute Gasteiger partial charge is 0.325 e. The fraction of sp³-hybridized carbons (Fsp3) is 0. The van der Waals surface area contributed by atoms with Crippen LogP contribution in [0.2, 0.25) is 0 Å². The molecule has 5 heteroatoms. The minimum absolute atomic E-state index is 0.723. The highest BCUT2D eigenvalue weighted by Crippen LogP contribution is 2.22. The molecule has 0 unspecified atom stereocenters. The summed E-state index contributed by atoms with van der Waals surface area (Å²) in [7, 11) is 0. The predicted octanol–water partition coefficient (Wildman–Crippen LogP) is 4.34. The van der Waals surface area contributed by atoms with E-state index in [-0.39, 0.29) is 0 Å². The fourth-order valence-corrected chi connectivity index (χ4v) is 2.45.